The van der Waals surface area contributed by atoms with Gasteiger partial charge in [-0.1, -0.05) is 43.6 Å². The third-order valence-corrected chi connectivity index (χ3v) is 2.66. The summed E-state index contributed by atoms with van der Waals surface area (Å²) in [6.07, 6.45) is 1.01. The van der Waals surface area contributed by atoms with E-state index in [1.807, 2.05) is 0 Å². The summed E-state index contributed by atoms with van der Waals surface area (Å²) in [5.74, 6) is 3.42. The molecule has 0 bridgehead atoms. The van der Waals surface area contributed by atoms with Gasteiger partial charge in [-0.05, 0) is 11.8 Å². The van der Waals surface area contributed by atoms with Gasteiger partial charge in [0, 0.05) is 13.0 Å². The molecule has 4 heteroatoms. The molecule has 0 aliphatic rings. The Hall–Kier alpha value is -0.380. The lowest BCUT2D eigenvalue weighted by Gasteiger charge is -2.12. The van der Waals surface area contributed by atoms with Gasteiger partial charge in [0.15, 0.2) is 0 Å². The van der Waals surface area contributed by atoms with Crippen molar-refractivity contribution in [2.75, 3.05) is 0 Å². The van der Waals surface area contributed by atoms with E-state index < -0.39 is 0 Å². The summed E-state index contributed by atoms with van der Waals surface area (Å²) in [4.78, 5) is 0. The maximum Gasteiger partial charge on any atom is 0.143 e. The second-order valence-corrected chi connectivity index (χ2v) is 5.33. The third kappa shape index (κ3) is 3.59. The van der Waals surface area contributed by atoms with Crippen LogP contribution in [0.15, 0.2) is 0 Å². The Kier molecular flexibility index (Phi) is 4.77. The second-order valence-electron chi connectivity index (χ2n) is 4.77. The molecule has 15 heavy (non-hydrogen) atoms. The van der Waals surface area contributed by atoms with Crippen LogP contribution in [0.1, 0.15) is 39.3 Å². The Labute approximate surface area is 100 Å². The van der Waals surface area contributed by atoms with Crippen LogP contribution in [0.25, 0.3) is 0 Å². The first kappa shape index (κ1) is 12.7. The number of alkyl halides is 1. The first-order chi connectivity index (χ1) is 7.04. The van der Waals surface area contributed by atoms with Crippen molar-refractivity contribution in [1.29, 1.82) is 0 Å². The standard InChI is InChI=1S/C11H20BrN3/c1-8(2)5-10-13-14-11(6-12)15(10)7-9(3)4/h8-9H,5-7H2,1-4H3. The molecule has 0 N–H and O–H groups in total. The van der Waals surface area contributed by atoms with Crippen LogP contribution < -0.4 is 0 Å². The summed E-state index contributed by atoms with van der Waals surface area (Å²) in [5.41, 5.74) is 0. The van der Waals surface area contributed by atoms with Gasteiger partial charge in [0.05, 0.1) is 5.33 Å². The molecule has 0 aromatic carbocycles. The Morgan fingerprint density at radius 1 is 1.07 bits per heavy atom. The maximum absolute atomic E-state index is 4.26. The highest BCUT2D eigenvalue weighted by molar-refractivity contribution is 9.08. The van der Waals surface area contributed by atoms with Crippen molar-refractivity contribution in [1.82, 2.24) is 14.8 Å². The zero-order chi connectivity index (χ0) is 11.4. The Bertz CT molecular complexity index is 305. The third-order valence-electron chi connectivity index (χ3n) is 2.16. The average Bonchev–Trinajstić information content (AvgIpc) is 2.47. The van der Waals surface area contributed by atoms with Gasteiger partial charge in [-0.2, -0.15) is 0 Å². The average molecular weight is 274 g/mol. The van der Waals surface area contributed by atoms with E-state index in [2.05, 4.69) is 58.4 Å². The molecule has 1 aromatic heterocycles. The molecule has 0 aliphatic heterocycles. The van der Waals surface area contributed by atoms with E-state index in [0.29, 0.717) is 11.8 Å². The Morgan fingerprint density at radius 3 is 2.13 bits per heavy atom. The number of nitrogens with zero attached hydrogens (tertiary/aromatic N) is 3. The predicted molar refractivity (Wildman–Crippen MR) is 66.0 cm³/mol. The summed E-state index contributed by atoms with van der Waals surface area (Å²) in [6, 6.07) is 0. The van der Waals surface area contributed by atoms with Gasteiger partial charge >= 0.3 is 0 Å². The molecule has 1 aromatic rings. The lowest BCUT2D eigenvalue weighted by molar-refractivity contribution is 0.482. The maximum atomic E-state index is 4.26. The van der Waals surface area contributed by atoms with Gasteiger partial charge in [-0.25, -0.2) is 0 Å². The fraction of sp³-hybridized carbons (Fsp3) is 0.818. The van der Waals surface area contributed by atoms with Crippen molar-refractivity contribution in [2.45, 2.75) is 46.0 Å². The van der Waals surface area contributed by atoms with E-state index >= 15 is 0 Å². The SMILES string of the molecule is CC(C)Cc1nnc(CBr)n1CC(C)C. The fourth-order valence-corrected chi connectivity index (χ4v) is 1.98. The Morgan fingerprint density at radius 2 is 1.67 bits per heavy atom. The van der Waals surface area contributed by atoms with Crippen LogP contribution in [0.5, 0.6) is 0 Å². The second kappa shape index (κ2) is 5.64. The lowest BCUT2D eigenvalue weighted by atomic mass is 10.1. The smallest absolute Gasteiger partial charge is 0.143 e. The van der Waals surface area contributed by atoms with E-state index in [-0.39, 0.29) is 0 Å². The molecule has 0 aliphatic carbocycles. The Balaban J connectivity index is 2.89. The number of rotatable bonds is 5. The molecule has 0 unspecified atom stereocenters. The molecule has 0 fully saturated rings. The number of aromatic nitrogens is 3. The van der Waals surface area contributed by atoms with Gasteiger partial charge in [0.1, 0.15) is 11.6 Å². The van der Waals surface area contributed by atoms with Crippen LogP contribution in [-0.4, -0.2) is 14.8 Å². The molecule has 0 saturated carbocycles. The quantitative estimate of drug-likeness (QED) is 0.773. The zero-order valence-electron chi connectivity index (χ0n) is 10.00. The molecule has 3 nitrogen and oxygen atoms in total. The molecular formula is C11H20BrN3. The fourth-order valence-electron chi connectivity index (χ4n) is 1.56. The van der Waals surface area contributed by atoms with Crippen molar-refractivity contribution in [3.8, 4) is 0 Å². The van der Waals surface area contributed by atoms with E-state index in [1.165, 1.54) is 0 Å². The van der Waals surface area contributed by atoms with E-state index in [4.69, 9.17) is 0 Å². The van der Waals surface area contributed by atoms with Crippen LogP contribution in [0.2, 0.25) is 0 Å². The topological polar surface area (TPSA) is 30.7 Å². The van der Waals surface area contributed by atoms with Crippen LogP contribution >= 0.6 is 15.9 Å². The first-order valence-electron chi connectivity index (χ1n) is 5.51. The minimum Gasteiger partial charge on any atom is -0.314 e. The normalized spacial score (nSPS) is 11.7. The van der Waals surface area contributed by atoms with Crippen molar-refractivity contribution in [3.63, 3.8) is 0 Å². The molecule has 1 heterocycles. The van der Waals surface area contributed by atoms with Gasteiger partial charge in [0.25, 0.3) is 0 Å². The molecule has 0 spiro atoms. The van der Waals surface area contributed by atoms with Crippen molar-refractivity contribution in [2.24, 2.45) is 11.8 Å². The lowest BCUT2D eigenvalue weighted by Crippen LogP contribution is -2.12. The highest BCUT2D eigenvalue weighted by Crippen LogP contribution is 2.13. The molecule has 0 saturated heterocycles. The monoisotopic (exact) mass is 273 g/mol. The van der Waals surface area contributed by atoms with Crippen LogP contribution in [-0.2, 0) is 18.3 Å². The highest BCUT2D eigenvalue weighted by atomic mass is 79.9. The number of hydrogen-bond acceptors (Lipinski definition) is 2. The highest BCUT2D eigenvalue weighted by Gasteiger charge is 2.13. The summed E-state index contributed by atoms with van der Waals surface area (Å²) in [7, 11) is 0. The summed E-state index contributed by atoms with van der Waals surface area (Å²) in [5, 5.41) is 9.25. The minimum absolute atomic E-state index is 0.628. The van der Waals surface area contributed by atoms with Gasteiger partial charge in [-0.15, -0.1) is 10.2 Å². The molecular weight excluding hydrogens is 254 g/mol. The van der Waals surface area contributed by atoms with Gasteiger partial charge < -0.3 is 4.57 Å². The minimum atomic E-state index is 0.628. The zero-order valence-corrected chi connectivity index (χ0v) is 11.6. The summed E-state index contributed by atoms with van der Waals surface area (Å²) >= 11 is 3.45. The van der Waals surface area contributed by atoms with Gasteiger partial charge in [-0.3, -0.25) is 0 Å². The van der Waals surface area contributed by atoms with E-state index in [1.54, 1.807) is 0 Å². The van der Waals surface area contributed by atoms with E-state index in [9.17, 15) is 0 Å². The van der Waals surface area contributed by atoms with Crippen LogP contribution in [0.3, 0.4) is 0 Å². The molecule has 1 rings (SSSR count). The van der Waals surface area contributed by atoms with E-state index in [0.717, 1.165) is 29.9 Å². The van der Waals surface area contributed by atoms with Crippen molar-refractivity contribution >= 4 is 15.9 Å². The largest absolute Gasteiger partial charge is 0.314 e. The van der Waals surface area contributed by atoms with Crippen LogP contribution in [0, 0.1) is 11.8 Å². The van der Waals surface area contributed by atoms with Crippen molar-refractivity contribution < 1.29 is 0 Å². The first-order valence-corrected chi connectivity index (χ1v) is 6.63. The number of halogens is 1. The molecule has 0 radical (unpaired) electrons. The molecule has 0 amide bonds. The number of hydrogen-bond donors (Lipinski definition) is 0. The van der Waals surface area contributed by atoms with Crippen molar-refractivity contribution in [3.05, 3.63) is 11.6 Å². The molecule has 0 atom stereocenters. The molecule has 86 valence electrons. The predicted octanol–water partition coefficient (Wildman–Crippen LogP) is 3.03. The summed E-state index contributed by atoms with van der Waals surface area (Å²) < 4.78 is 2.25. The van der Waals surface area contributed by atoms with Gasteiger partial charge in [0.2, 0.25) is 0 Å². The van der Waals surface area contributed by atoms with Crippen LogP contribution in [0.4, 0.5) is 0 Å². The summed E-state index contributed by atoms with van der Waals surface area (Å²) in [6.45, 7) is 9.87.